The van der Waals surface area contributed by atoms with Crippen molar-refractivity contribution in [3.63, 3.8) is 0 Å². The first-order valence-corrected chi connectivity index (χ1v) is 15.8. The number of hydrogen-bond acceptors (Lipinski definition) is 5. The Morgan fingerprint density at radius 3 is 1.84 bits per heavy atom. The van der Waals surface area contributed by atoms with Crippen LogP contribution in [0.2, 0.25) is 0 Å². The summed E-state index contributed by atoms with van der Waals surface area (Å²) in [6.45, 7) is 0.412. The highest BCUT2D eigenvalue weighted by Gasteiger charge is 2.56. The Balaban J connectivity index is 1.46. The van der Waals surface area contributed by atoms with Gasteiger partial charge in [0.25, 0.3) is 0 Å². The van der Waals surface area contributed by atoms with Crippen LogP contribution in [0.3, 0.4) is 0 Å². The minimum Gasteiger partial charge on any atom is -0.497 e. The van der Waals surface area contributed by atoms with Crippen LogP contribution in [0.5, 0.6) is 5.75 Å². The van der Waals surface area contributed by atoms with Gasteiger partial charge in [0.1, 0.15) is 5.75 Å². The van der Waals surface area contributed by atoms with E-state index in [1.807, 2.05) is 24.3 Å². The maximum absolute atomic E-state index is 13.5. The number of benzene rings is 1. The molecule has 0 heterocycles. The Bertz CT molecular complexity index is 1030. The van der Waals surface area contributed by atoms with Crippen molar-refractivity contribution in [2.75, 3.05) is 7.11 Å². The van der Waals surface area contributed by atoms with Crippen molar-refractivity contribution in [1.82, 2.24) is 0 Å². The molecule has 1 aromatic carbocycles. The molecule has 4 aliphatic carbocycles. The summed E-state index contributed by atoms with van der Waals surface area (Å²) in [6.07, 6.45) is 10.6. The van der Waals surface area contributed by atoms with E-state index in [0.29, 0.717) is 30.8 Å². The van der Waals surface area contributed by atoms with E-state index in [0.717, 1.165) is 75.5 Å². The van der Waals surface area contributed by atoms with Crippen LogP contribution in [0.15, 0.2) is 24.3 Å². The van der Waals surface area contributed by atoms with E-state index in [-0.39, 0.29) is 23.9 Å². The van der Waals surface area contributed by atoms with Crippen molar-refractivity contribution in [3.05, 3.63) is 29.8 Å². The maximum Gasteiger partial charge on any atom is 0.523 e. The Kier molecular flexibility index (Phi) is 8.65. The van der Waals surface area contributed by atoms with Crippen LogP contribution in [0.4, 0.5) is 13.2 Å². The topological polar surface area (TPSA) is 61.8 Å². The third-order valence-corrected chi connectivity index (χ3v) is 11.1. The smallest absolute Gasteiger partial charge is 0.497 e. The number of fused-ring (bicyclic) bond motifs is 2. The first kappa shape index (κ1) is 28.2. The van der Waals surface area contributed by atoms with Crippen molar-refractivity contribution >= 4 is 10.1 Å². The lowest BCUT2D eigenvalue weighted by atomic mass is 9.53. The zero-order chi connectivity index (χ0) is 26.9. The monoisotopic (exact) mass is 558 g/mol. The molecule has 6 unspecified atom stereocenters. The Hall–Kier alpha value is -1.32. The van der Waals surface area contributed by atoms with Crippen molar-refractivity contribution in [3.8, 4) is 5.75 Å². The number of hydrogen-bond donors (Lipinski definition) is 0. The standard InChI is InChI=1S/C29H41F3O5S/c1-35-22-14-10-19(11-15-22)18-36-25-16-12-20-6-2-4-8-23(20)27(25)28-24-9-5-3-7-21(24)13-17-26(28)37-38(33,34)29(30,31)32/h10-11,14-15,20-21,23-28H,2-9,12-13,16-18H2,1H3/t20?,21?,23?,24?,25-,26?,27+,28?/m0/s1. The van der Waals surface area contributed by atoms with E-state index in [9.17, 15) is 21.6 Å². The zero-order valence-electron chi connectivity index (χ0n) is 22.2. The third kappa shape index (κ3) is 5.90. The molecule has 214 valence electrons. The second-order valence-corrected chi connectivity index (χ2v) is 13.5. The highest BCUT2D eigenvalue weighted by molar-refractivity contribution is 7.87. The van der Waals surface area contributed by atoms with Gasteiger partial charge < -0.3 is 9.47 Å². The van der Waals surface area contributed by atoms with Gasteiger partial charge in [-0.25, -0.2) is 0 Å². The van der Waals surface area contributed by atoms with Crippen molar-refractivity contribution in [2.24, 2.45) is 35.5 Å². The molecule has 0 aromatic heterocycles. The van der Waals surface area contributed by atoms with Crippen LogP contribution in [-0.4, -0.2) is 33.2 Å². The number of ether oxygens (including phenoxy) is 2. The summed E-state index contributed by atoms with van der Waals surface area (Å²) in [7, 11) is -4.04. The van der Waals surface area contributed by atoms with E-state index in [2.05, 4.69) is 0 Å². The molecule has 0 saturated heterocycles. The largest absolute Gasteiger partial charge is 0.523 e. The second kappa shape index (κ2) is 11.7. The Labute approximate surface area is 224 Å². The first-order valence-electron chi connectivity index (χ1n) is 14.4. The molecule has 0 aliphatic heterocycles. The molecule has 8 atom stereocenters. The van der Waals surface area contributed by atoms with Crippen LogP contribution in [-0.2, 0) is 25.6 Å². The van der Waals surface area contributed by atoms with Gasteiger partial charge >= 0.3 is 15.6 Å². The fourth-order valence-electron chi connectivity index (χ4n) is 8.41. The molecule has 4 saturated carbocycles. The van der Waals surface area contributed by atoms with Crippen LogP contribution >= 0.6 is 0 Å². The lowest BCUT2D eigenvalue weighted by Gasteiger charge is -2.55. The SMILES string of the molecule is COc1ccc(CO[C@H]2CCC3CCCCC3[C@H]2C2C(OS(=O)(=O)C(F)(F)F)CCC3CCCCC32)cc1. The van der Waals surface area contributed by atoms with Gasteiger partial charge in [-0.2, -0.15) is 21.6 Å². The molecule has 5 nitrogen and oxygen atoms in total. The highest BCUT2D eigenvalue weighted by atomic mass is 32.2. The van der Waals surface area contributed by atoms with Gasteiger partial charge in [-0.3, -0.25) is 4.18 Å². The van der Waals surface area contributed by atoms with Gasteiger partial charge in [-0.05, 0) is 91.7 Å². The van der Waals surface area contributed by atoms with Gasteiger partial charge in [-0.1, -0.05) is 50.7 Å². The lowest BCUT2D eigenvalue weighted by molar-refractivity contribution is -0.142. The summed E-state index contributed by atoms with van der Waals surface area (Å²) in [5, 5.41) is 0. The summed E-state index contributed by atoms with van der Waals surface area (Å²) in [6, 6.07) is 7.74. The molecule has 0 spiro atoms. The molecular formula is C29H41F3O5S. The predicted molar refractivity (Wildman–Crippen MR) is 138 cm³/mol. The van der Waals surface area contributed by atoms with Crippen molar-refractivity contribution in [1.29, 1.82) is 0 Å². The summed E-state index contributed by atoms with van der Waals surface area (Å²) in [4.78, 5) is 0. The summed E-state index contributed by atoms with van der Waals surface area (Å²) in [5.74, 6) is 2.01. The van der Waals surface area contributed by atoms with Gasteiger partial charge in [0, 0.05) is 0 Å². The molecule has 0 bridgehead atoms. The zero-order valence-corrected chi connectivity index (χ0v) is 23.0. The van der Waals surface area contributed by atoms with E-state index in [4.69, 9.17) is 13.7 Å². The molecule has 5 rings (SSSR count). The predicted octanol–water partition coefficient (Wildman–Crippen LogP) is 7.25. The van der Waals surface area contributed by atoms with E-state index in [1.165, 1.54) is 6.42 Å². The van der Waals surface area contributed by atoms with Gasteiger partial charge in [0.15, 0.2) is 0 Å². The number of rotatable bonds is 7. The van der Waals surface area contributed by atoms with E-state index in [1.54, 1.807) is 7.11 Å². The first-order chi connectivity index (χ1) is 18.2. The Morgan fingerprint density at radius 2 is 1.29 bits per heavy atom. The van der Waals surface area contributed by atoms with E-state index < -0.39 is 21.7 Å². The summed E-state index contributed by atoms with van der Waals surface area (Å²) < 4.78 is 81.9. The van der Waals surface area contributed by atoms with Crippen LogP contribution < -0.4 is 4.74 Å². The van der Waals surface area contributed by atoms with Gasteiger partial charge in [-0.15, -0.1) is 0 Å². The van der Waals surface area contributed by atoms with Gasteiger partial charge in [0.05, 0.1) is 25.9 Å². The lowest BCUT2D eigenvalue weighted by Crippen LogP contribution is -2.54. The van der Waals surface area contributed by atoms with Crippen molar-refractivity contribution in [2.45, 2.75) is 101 Å². The molecule has 38 heavy (non-hydrogen) atoms. The molecular weight excluding hydrogens is 517 g/mol. The molecule has 4 fully saturated rings. The molecule has 0 amide bonds. The van der Waals surface area contributed by atoms with Crippen molar-refractivity contribution < 1.29 is 35.2 Å². The Morgan fingerprint density at radius 1 is 0.763 bits per heavy atom. The second-order valence-electron chi connectivity index (χ2n) is 12.0. The van der Waals surface area contributed by atoms with Gasteiger partial charge in [0.2, 0.25) is 0 Å². The molecule has 1 aromatic rings. The molecule has 0 radical (unpaired) electrons. The minimum atomic E-state index is -5.67. The third-order valence-electron chi connectivity index (χ3n) is 10.0. The maximum atomic E-state index is 13.5. The van der Waals surface area contributed by atoms with Crippen LogP contribution in [0.25, 0.3) is 0 Å². The fourth-order valence-corrected chi connectivity index (χ4v) is 9.07. The summed E-state index contributed by atoms with van der Waals surface area (Å²) in [5.41, 5.74) is -4.40. The van der Waals surface area contributed by atoms with Crippen LogP contribution in [0, 0.1) is 35.5 Å². The van der Waals surface area contributed by atoms with E-state index >= 15 is 0 Å². The number of alkyl halides is 3. The average Bonchev–Trinajstić information content (AvgIpc) is 2.91. The minimum absolute atomic E-state index is 0.00614. The highest BCUT2D eigenvalue weighted by Crippen LogP contribution is 2.56. The quantitative estimate of drug-likeness (QED) is 0.261. The number of halogens is 3. The fraction of sp³-hybridized carbons (Fsp3) is 0.793. The number of methoxy groups -OCH3 is 1. The molecule has 0 N–H and O–H groups in total. The normalized spacial score (nSPS) is 36.2. The summed E-state index contributed by atoms with van der Waals surface area (Å²) >= 11 is 0. The molecule has 4 aliphatic rings. The molecule has 9 heteroatoms. The van der Waals surface area contributed by atoms with Crippen LogP contribution in [0.1, 0.15) is 82.6 Å². The average molecular weight is 559 g/mol.